The fourth-order valence-corrected chi connectivity index (χ4v) is 4.05. The summed E-state index contributed by atoms with van der Waals surface area (Å²) in [6, 6.07) is 34.2. The van der Waals surface area contributed by atoms with E-state index in [2.05, 4.69) is 48.6 Å². The molecule has 4 nitrogen and oxygen atoms in total. The lowest BCUT2D eigenvalue weighted by Gasteiger charge is -2.09. The zero-order valence-electron chi connectivity index (χ0n) is 22.4. The molecule has 4 aromatic rings. The Labute approximate surface area is 236 Å². The average Bonchev–Trinajstić information content (AvgIpc) is 3.94. The normalized spacial score (nSPS) is 17.7. The molecule has 2 atom stereocenters. The standard InChI is InChI=1S/C30H24O.C6H10O3/c31-30-23-20-27(19-16-24-10-4-1-5-11-24)28(21-17-25-12-6-2-7-13-25)29(30)22-18-26-14-8-3-9-15-26;1(5-3-8-5)7-2-6-4-9-6/h1-23,31H;5-6H,1-4H2/b19-16+,21-17+,22-18+;. The van der Waals surface area contributed by atoms with Gasteiger partial charge in [-0.1, -0.05) is 134 Å². The minimum atomic E-state index is 0.261. The van der Waals surface area contributed by atoms with E-state index in [1.54, 1.807) is 6.07 Å². The van der Waals surface area contributed by atoms with Gasteiger partial charge in [0.15, 0.2) is 0 Å². The van der Waals surface area contributed by atoms with E-state index in [0.29, 0.717) is 12.2 Å². The van der Waals surface area contributed by atoms with Crippen molar-refractivity contribution in [2.75, 3.05) is 26.4 Å². The average molecular weight is 531 g/mol. The molecule has 2 aliphatic heterocycles. The maximum absolute atomic E-state index is 10.7. The van der Waals surface area contributed by atoms with Crippen LogP contribution in [0.25, 0.3) is 36.5 Å². The van der Waals surface area contributed by atoms with Crippen LogP contribution in [0, 0.1) is 0 Å². The van der Waals surface area contributed by atoms with Crippen molar-refractivity contribution >= 4 is 36.5 Å². The van der Waals surface area contributed by atoms with Crippen molar-refractivity contribution in [3.63, 3.8) is 0 Å². The van der Waals surface area contributed by atoms with Gasteiger partial charge in [-0.15, -0.1) is 0 Å². The molecule has 0 bridgehead atoms. The predicted molar refractivity (Wildman–Crippen MR) is 165 cm³/mol. The highest BCUT2D eigenvalue weighted by Gasteiger charge is 2.26. The Balaban J connectivity index is 0.000000301. The Morgan fingerprint density at radius 1 is 0.550 bits per heavy atom. The first-order chi connectivity index (χ1) is 19.7. The smallest absolute Gasteiger partial charge is 0.123 e. The first kappa shape index (κ1) is 27.4. The van der Waals surface area contributed by atoms with Crippen molar-refractivity contribution in [3.8, 4) is 5.75 Å². The SMILES string of the molecule is C(OCC1CO1)C1CO1.Oc1ccc(/C=C/c2ccccc2)c(/C=C/c2ccccc2)c1/C=C/c1ccccc1. The third-order valence-electron chi connectivity index (χ3n) is 6.45. The predicted octanol–water partition coefficient (Wildman–Crippen LogP) is 7.70. The van der Waals surface area contributed by atoms with Crippen LogP contribution in [0.1, 0.15) is 33.4 Å². The van der Waals surface area contributed by atoms with Crippen LogP contribution in [0.5, 0.6) is 5.75 Å². The van der Waals surface area contributed by atoms with E-state index in [0.717, 1.165) is 59.8 Å². The summed E-state index contributed by atoms with van der Waals surface area (Å²) in [6.45, 7) is 3.26. The molecule has 4 aromatic carbocycles. The Morgan fingerprint density at radius 2 is 0.975 bits per heavy atom. The van der Waals surface area contributed by atoms with E-state index in [9.17, 15) is 5.11 Å². The summed E-state index contributed by atoms with van der Waals surface area (Å²) in [7, 11) is 0. The molecule has 40 heavy (non-hydrogen) atoms. The molecule has 2 heterocycles. The molecule has 0 aromatic heterocycles. The lowest BCUT2D eigenvalue weighted by atomic mass is 9.96. The molecule has 2 unspecified atom stereocenters. The molecular formula is C36H34O4. The quantitative estimate of drug-likeness (QED) is 0.169. The molecule has 0 aliphatic carbocycles. The number of hydrogen-bond donors (Lipinski definition) is 1. The van der Waals surface area contributed by atoms with Crippen molar-refractivity contribution in [2.24, 2.45) is 0 Å². The van der Waals surface area contributed by atoms with Gasteiger partial charge in [-0.25, -0.2) is 0 Å². The lowest BCUT2D eigenvalue weighted by Crippen LogP contribution is -2.06. The number of hydrogen-bond acceptors (Lipinski definition) is 4. The lowest BCUT2D eigenvalue weighted by molar-refractivity contribution is 0.102. The largest absolute Gasteiger partial charge is 0.507 e. The summed E-state index contributed by atoms with van der Waals surface area (Å²) in [5.41, 5.74) is 6.15. The second-order valence-electron chi connectivity index (χ2n) is 9.68. The van der Waals surface area contributed by atoms with Gasteiger partial charge in [0.2, 0.25) is 0 Å². The van der Waals surface area contributed by atoms with Gasteiger partial charge in [-0.2, -0.15) is 0 Å². The van der Waals surface area contributed by atoms with Crippen LogP contribution in [0.15, 0.2) is 103 Å². The van der Waals surface area contributed by atoms with Crippen LogP contribution in [0.3, 0.4) is 0 Å². The maximum Gasteiger partial charge on any atom is 0.123 e. The van der Waals surface area contributed by atoms with Crippen LogP contribution in [-0.4, -0.2) is 43.7 Å². The molecule has 6 rings (SSSR count). The highest BCUT2D eigenvalue weighted by atomic mass is 16.6. The van der Waals surface area contributed by atoms with E-state index in [4.69, 9.17) is 14.2 Å². The highest BCUT2D eigenvalue weighted by molar-refractivity contribution is 5.87. The summed E-state index contributed by atoms with van der Waals surface area (Å²) < 4.78 is 15.1. The molecule has 0 radical (unpaired) electrons. The van der Waals surface area contributed by atoms with E-state index >= 15 is 0 Å². The van der Waals surface area contributed by atoms with Gasteiger partial charge in [0, 0.05) is 5.56 Å². The van der Waals surface area contributed by atoms with Crippen LogP contribution in [-0.2, 0) is 14.2 Å². The number of epoxide rings is 2. The van der Waals surface area contributed by atoms with Crippen molar-refractivity contribution in [1.29, 1.82) is 0 Å². The minimum Gasteiger partial charge on any atom is -0.507 e. The van der Waals surface area contributed by atoms with Gasteiger partial charge in [-0.3, -0.25) is 0 Å². The maximum atomic E-state index is 10.7. The summed E-state index contributed by atoms with van der Waals surface area (Å²) in [5, 5.41) is 10.7. The van der Waals surface area contributed by atoms with Crippen LogP contribution >= 0.6 is 0 Å². The first-order valence-electron chi connectivity index (χ1n) is 13.6. The topological polar surface area (TPSA) is 54.5 Å². The second kappa shape index (κ2) is 14.2. The van der Waals surface area contributed by atoms with Crippen molar-refractivity contribution in [3.05, 3.63) is 137 Å². The van der Waals surface area contributed by atoms with Crippen molar-refractivity contribution in [2.45, 2.75) is 12.2 Å². The fourth-order valence-electron chi connectivity index (χ4n) is 4.05. The molecule has 2 aliphatic rings. The molecule has 0 amide bonds. The Kier molecular flexibility index (Phi) is 9.74. The van der Waals surface area contributed by atoms with Crippen LogP contribution in [0.2, 0.25) is 0 Å². The number of rotatable bonds is 10. The Bertz CT molecular complexity index is 1410. The number of benzene rings is 4. The fraction of sp³-hybridized carbons (Fsp3) is 0.167. The van der Waals surface area contributed by atoms with Gasteiger partial charge in [0.05, 0.1) is 26.4 Å². The Hall–Kier alpha value is -4.22. The molecular weight excluding hydrogens is 496 g/mol. The van der Waals surface area contributed by atoms with Crippen molar-refractivity contribution in [1.82, 2.24) is 0 Å². The summed E-state index contributed by atoms with van der Waals surface area (Å²) in [4.78, 5) is 0. The first-order valence-corrected chi connectivity index (χ1v) is 13.6. The van der Waals surface area contributed by atoms with Gasteiger partial charge >= 0.3 is 0 Å². The number of aromatic hydroxyl groups is 1. The molecule has 0 spiro atoms. The van der Waals surface area contributed by atoms with Gasteiger partial charge < -0.3 is 19.3 Å². The molecule has 2 fully saturated rings. The zero-order chi connectivity index (χ0) is 27.4. The molecule has 2 saturated heterocycles. The molecule has 0 saturated carbocycles. The van der Waals surface area contributed by atoms with E-state index in [1.807, 2.05) is 84.9 Å². The van der Waals surface area contributed by atoms with Gasteiger partial charge in [0.25, 0.3) is 0 Å². The van der Waals surface area contributed by atoms with E-state index < -0.39 is 0 Å². The van der Waals surface area contributed by atoms with Gasteiger partial charge in [0.1, 0.15) is 18.0 Å². The monoisotopic (exact) mass is 530 g/mol. The molecule has 1 N–H and O–H groups in total. The highest BCUT2D eigenvalue weighted by Crippen LogP contribution is 2.30. The zero-order valence-corrected chi connectivity index (χ0v) is 22.4. The Morgan fingerprint density at radius 3 is 1.43 bits per heavy atom. The van der Waals surface area contributed by atoms with Crippen LogP contribution < -0.4 is 0 Å². The summed E-state index contributed by atoms with van der Waals surface area (Å²) >= 11 is 0. The number of ether oxygens (including phenoxy) is 3. The van der Waals surface area contributed by atoms with Crippen molar-refractivity contribution < 1.29 is 19.3 Å². The number of phenols is 1. The van der Waals surface area contributed by atoms with Crippen LogP contribution in [0.4, 0.5) is 0 Å². The molecule has 202 valence electrons. The number of phenolic OH excluding ortho intramolecular Hbond substituents is 1. The molecule has 4 heteroatoms. The van der Waals surface area contributed by atoms with Gasteiger partial charge in [-0.05, 0) is 33.9 Å². The third-order valence-corrected chi connectivity index (χ3v) is 6.45. The minimum absolute atomic E-state index is 0.261. The summed E-state index contributed by atoms with van der Waals surface area (Å²) in [5.74, 6) is 0.261. The summed E-state index contributed by atoms with van der Waals surface area (Å²) in [6.07, 6.45) is 13.1. The van der Waals surface area contributed by atoms with E-state index in [-0.39, 0.29) is 5.75 Å². The second-order valence-corrected chi connectivity index (χ2v) is 9.68. The van der Waals surface area contributed by atoms with E-state index in [1.165, 1.54) is 0 Å². The third kappa shape index (κ3) is 8.92.